The van der Waals surface area contributed by atoms with Gasteiger partial charge in [0, 0.05) is 6.20 Å². The third-order valence-electron chi connectivity index (χ3n) is 2.83. The molecular weight excluding hydrogens is 264 g/mol. The number of aryl methyl sites for hydroxylation is 2. The van der Waals surface area contributed by atoms with Crippen molar-refractivity contribution in [2.45, 2.75) is 26.5 Å². The molecule has 1 atom stereocenters. The van der Waals surface area contributed by atoms with Crippen LogP contribution in [0.3, 0.4) is 0 Å². The summed E-state index contributed by atoms with van der Waals surface area (Å²) in [6.45, 7) is 4.56. The molecule has 0 amide bonds. The average Bonchev–Trinajstić information content (AvgIpc) is 2.74. The second-order valence-electron chi connectivity index (χ2n) is 4.57. The van der Waals surface area contributed by atoms with Gasteiger partial charge in [-0.2, -0.15) is 5.10 Å². The zero-order valence-corrected chi connectivity index (χ0v) is 11.8. The summed E-state index contributed by atoms with van der Waals surface area (Å²) in [6, 6.07) is 5.96. The van der Waals surface area contributed by atoms with Crippen molar-refractivity contribution in [3.63, 3.8) is 0 Å². The van der Waals surface area contributed by atoms with Crippen molar-refractivity contribution in [3.05, 3.63) is 46.7 Å². The van der Waals surface area contributed by atoms with Gasteiger partial charge in [0.2, 0.25) is 0 Å². The molecule has 0 radical (unpaired) electrons. The average molecular weight is 281 g/mol. The number of nitrogens with zero attached hydrogens (tertiary/aromatic N) is 2. The molecule has 0 saturated heterocycles. The van der Waals surface area contributed by atoms with Crippen molar-refractivity contribution < 1.29 is 9.84 Å². The van der Waals surface area contributed by atoms with Crippen LogP contribution in [-0.4, -0.2) is 27.6 Å². The SMILES string of the molecule is Cc1cccc(C)c1OCC(O)Cn1cc(Cl)cn1. The number of ether oxygens (including phenoxy) is 1. The molecule has 1 N–H and O–H groups in total. The Bertz CT molecular complexity index is 534. The van der Waals surface area contributed by atoms with Crippen LogP contribution in [0.1, 0.15) is 11.1 Å². The number of aliphatic hydroxyl groups is 1. The summed E-state index contributed by atoms with van der Waals surface area (Å²) < 4.78 is 7.28. The van der Waals surface area contributed by atoms with Crippen LogP contribution in [0.15, 0.2) is 30.6 Å². The Morgan fingerprint density at radius 2 is 2.05 bits per heavy atom. The van der Waals surface area contributed by atoms with Crippen molar-refractivity contribution in [3.8, 4) is 5.75 Å². The standard InChI is InChI=1S/C14H17ClN2O2/c1-10-4-3-5-11(2)14(10)19-9-13(18)8-17-7-12(15)6-16-17/h3-7,13,18H,8-9H2,1-2H3. The molecular formula is C14H17ClN2O2. The number of benzene rings is 1. The maximum Gasteiger partial charge on any atom is 0.125 e. The fourth-order valence-corrected chi connectivity index (χ4v) is 2.07. The third kappa shape index (κ3) is 3.72. The Labute approximate surface area is 117 Å². The number of para-hydroxylation sites is 1. The lowest BCUT2D eigenvalue weighted by atomic mass is 10.1. The summed E-state index contributed by atoms with van der Waals surface area (Å²) in [5.74, 6) is 0.833. The minimum atomic E-state index is -0.630. The van der Waals surface area contributed by atoms with E-state index in [1.165, 1.54) is 0 Å². The molecule has 4 nitrogen and oxygen atoms in total. The van der Waals surface area contributed by atoms with E-state index in [1.807, 2.05) is 32.0 Å². The predicted octanol–water partition coefficient (Wildman–Crippen LogP) is 2.59. The molecule has 1 aromatic heterocycles. The van der Waals surface area contributed by atoms with Gasteiger partial charge in [0.05, 0.1) is 17.8 Å². The van der Waals surface area contributed by atoms with Gasteiger partial charge in [-0.1, -0.05) is 29.8 Å². The quantitative estimate of drug-likeness (QED) is 0.916. The summed E-state index contributed by atoms with van der Waals surface area (Å²) in [6.07, 6.45) is 2.58. The maximum atomic E-state index is 9.93. The Kier molecular flexibility index (Phi) is 4.45. The van der Waals surface area contributed by atoms with Gasteiger partial charge in [-0.3, -0.25) is 4.68 Å². The van der Waals surface area contributed by atoms with Gasteiger partial charge in [-0.15, -0.1) is 0 Å². The van der Waals surface area contributed by atoms with E-state index in [9.17, 15) is 5.11 Å². The van der Waals surface area contributed by atoms with E-state index in [4.69, 9.17) is 16.3 Å². The molecule has 2 aromatic rings. The van der Waals surface area contributed by atoms with E-state index < -0.39 is 6.10 Å². The van der Waals surface area contributed by atoms with Gasteiger partial charge in [-0.25, -0.2) is 0 Å². The minimum absolute atomic E-state index is 0.225. The van der Waals surface area contributed by atoms with E-state index in [0.717, 1.165) is 16.9 Å². The van der Waals surface area contributed by atoms with Crippen LogP contribution < -0.4 is 4.74 Å². The Morgan fingerprint density at radius 1 is 1.37 bits per heavy atom. The number of halogens is 1. The van der Waals surface area contributed by atoms with Crippen molar-refractivity contribution in [2.24, 2.45) is 0 Å². The van der Waals surface area contributed by atoms with Gasteiger partial charge in [0.15, 0.2) is 0 Å². The van der Waals surface area contributed by atoms with E-state index in [0.29, 0.717) is 11.6 Å². The zero-order chi connectivity index (χ0) is 13.8. The van der Waals surface area contributed by atoms with Crippen LogP contribution in [0.2, 0.25) is 5.02 Å². The van der Waals surface area contributed by atoms with Gasteiger partial charge in [0.1, 0.15) is 18.5 Å². The summed E-state index contributed by atoms with van der Waals surface area (Å²) in [4.78, 5) is 0. The fraction of sp³-hybridized carbons (Fsp3) is 0.357. The number of rotatable bonds is 5. The number of aromatic nitrogens is 2. The fourth-order valence-electron chi connectivity index (χ4n) is 1.91. The van der Waals surface area contributed by atoms with Gasteiger partial charge >= 0.3 is 0 Å². The number of hydrogen-bond donors (Lipinski definition) is 1. The van der Waals surface area contributed by atoms with Crippen LogP contribution >= 0.6 is 11.6 Å². The molecule has 0 saturated carbocycles. The molecule has 1 aromatic carbocycles. The Hall–Kier alpha value is -1.52. The first kappa shape index (κ1) is 13.9. The van der Waals surface area contributed by atoms with Crippen molar-refractivity contribution >= 4 is 11.6 Å². The first-order valence-corrected chi connectivity index (χ1v) is 6.49. The first-order valence-electron chi connectivity index (χ1n) is 6.11. The predicted molar refractivity (Wildman–Crippen MR) is 74.7 cm³/mol. The molecule has 0 bridgehead atoms. The Balaban J connectivity index is 1.91. The second-order valence-corrected chi connectivity index (χ2v) is 5.00. The largest absolute Gasteiger partial charge is 0.490 e. The number of hydrogen-bond acceptors (Lipinski definition) is 3. The molecule has 102 valence electrons. The van der Waals surface area contributed by atoms with Crippen molar-refractivity contribution in [1.82, 2.24) is 9.78 Å². The lowest BCUT2D eigenvalue weighted by Crippen LogP contribution is -2.24. The molecule has 5 heteroatoms. The van der Waals surface area contributed by atoms with Crippen LogP contribution in [0, 0.1) is 13.8 Å². The zero-order valence-electron chi connectivity index (χ0n) is 11.0. The lowest BCUT2D eigenvalue weighted by Gasteiger charge is -2.15. The highest BCUT2D eigenvalue weighted by atomic mass is 35.5. The second kappa shape index (κ2) is 6.08. The molecule has 0 fully saturated rings. The lowest BCUT2D eigenvalue weighted by molar-refractivity contribution is 0.0887. The van der Waals surface area contributed by atoms with Crippen molar-refractivity contribution in [1.29, 1.82) is 0 Å². The molecule has 1 unspecified atom stereocenters. The first-order chi connectivity index (χ1) is 9.06. The summed E-state index contributed by atoms with van der Waals surface area (Å²) in [7, 11) is 0. The highest BCUT2D eigenvalue weighted by molar-refractivity contribution is 6.30. The van der Waals surface area contributed by atoms with Gasteiger partial charge in [-0.05, 0) is 25.0 Å². The van der Waals surface area contributed by atoms with Crippen LogP contribution in [0.25, 0.3) is 0 Å². The van der Waals surface area contributed by atoms with E-state index in [-0.39, 0.29) is 6.61 Å². The third-order valence-corrected chi connectivity index (χ3v) is 3.02. The molecule has 0 spiro atoms. The highest BCUT2D eigenvalue weighted by Gasteiger charge is 2.10. The Morgan fingerprint density at radius 3 is 2.63 bits per heavy atom. The smallest absolute Gasteiger partial charge is 0.125 e. The molecule has 2 rings (SSSR count). The topological polar surface area (TPSA) is 47.3 Å². The summed E-state index contributed by atoms with van der Waals surface area (Å²) >= 11 is 5.76. The monoisotopic (exact) mass is 280 g/mol. The highest BCUT2D eigenvalue weighted by Crippen LogP contribution is 2.22. The maximum absolute atomic E-state index is 9.93. The summed E-state index contributed by atoms with van der Waals surface area (Å²) in [5.41, 5.74) is 2.13. The van der Waals surface area contributed by atoms with Crippen LogP contribution in [0.4, 0.5) is 0 Å². The molecule has 0 aliphatic rings. The van der Waals surface area contributed by atoms with E-state index in [1.54, 1.807) is 17.1 Å². The van der Waals surface area contributed by atoms with E-state index >= 15 is 0 Å². The molecule has 0 aliphatic carbocycles. The van der Waals surface area contributed by atoms with Gasteiger partial charge < -0.3 is 9.84 Å². The normalized spacial score (nSPS) is 12.4. The minimum Gasteiger partial charge on any atom is -0.490 e. The summed E-state index contributed by atoms with van der Waals surface area (Å²) in [5, 5.41) is 14.5. The van der Waals surface area contributed by atoms with Crippen LogP contribution in [-0.2, 0) is 6.54 Å². The molecule has 19 heavy (non-hydrogen) atoms. The molecule has 1 heterocycles. The van der Waals surface area contributed by atoms with Gasteiger partial charge in [0.25, 0.3) is 0 Å². The van der Waals surface area contributed by atoms with Crippen molar-refractivity contribution in [2.75, 3.05) is 6.61 Å². The molecule has 0 aliphatic heterocycles. The van der Waals surface area contributed by atoms with E-state index in [2.05, 4.69) is 5.10 Å². The number of aliphatic hydroxyl groups excluding tert-OH is 1. The van der Waals surface area contributed by atoms with Crippen LogP contribution in [0.5, 0.6) is 5.75 Å².